The minimum atomic E-state index is -0.315. The Morgan fingerprint density at radius 1 is 1.44 bits per heavy atom. The van der Waals surface area contributed by atoms with Crippen molar-refractivity contribution in [2.45, 2.75) is 19.1 Å². The fourth-order valence-corrected chi connectivity index (χ4v) is 1.54. The smallest absolute Gasteiger partial charge is 0.330 e. The fraction of sp³-hybridized carbons (Fsp3) is 0.308. The summed E-state index contributed by atoms with van der Waals surface area (Å²) in [5.74, 6) is -0.315. The van der Waals surface area contributed by atoms with Crippen molar-refractivity contribution >= 4 is 5.97 Å². The number of carbonyl (C=O) groups is 1. The molecule has 1 aliphatic rings. The van der Waals surface area contributed by atoms with Gasteiger partial charge in [0, 0.05) is 6.08 Å². The molecule has 2 atom stereocenters. The first-order valence-electron chi connectivity index (χ1n) is 5.36. The van der Waals surface area contributed by atoms with Gasteiger partial charge < -0.3 is 9.47 Å². The normalized spacial score (nSPS) is 23.3. The molecule has 1 aromatic rings. The molecular formula is C13H14O3. The lowest BCUT2D eigenvalue weighted by atomic mass is 10.1. The summed E-state index contributed by atoms with van der Waals surface area (Å²) in [6, 6.07) is 9.95. The molecule has 0 unspecified atom stereocenters. The second-order valence-corrected chi connectivity index (χ2v) is 3.54. The fourth-order valence-electron chi connectivity index (χ4n) is 1.54. The monoisotopic (exact) mass is 218 g/mol. The standard InChI is InChI=1S/C13H14O3/c1-2-15-12(14)9-8-11-13(16-11)10-6-4-3-5-7-10/h3-9,11,13H,2H2,1H3/b9-8+/t11-,13-/m0/s1. The summed E-state index contributed by atoms with van der Waals surface area (Å²) in [7, 11) is 0. The highest BCUT2D eigenvalue weighted by molar-refractivity contribution is 5.82. The minimum absolute atomic E-state index is 0.00630. The molecule has 3 nitrogen and oxygen atoms in total. The van der Waals surface area contributed by atoms with E-state index in [2.05, 4.69) is 0 Å². The maximum Gasteiger partial charge on any atom is 0.330 e. The van der Waals surface area contributed by atoms with E-state index in [1.807, 2.05) is 30.3 Å². The third-order valence-corrected chi connectivity index (χ3v) is 2.36. The van der Waals surface area contributed by atoms with Crippen LogP contribution in [0.1, 0.15) is 18.6 Å². The molecule has 84 valence electrons. The van der Waals surface area contributed by atoms with Crippen molar-refractivity contribution in [3.63, 3.8) is 0 Å². The van der Waals surface area contributed by atoms with Crippen molar-refractivity contribution in [1.29, 1.82) is 0 Å². The Kier molecular flexibility index (Phi) is 3.37. The summed E-state index contributed by atoms with van der Waals surface area (Å²) in [5, 5.41) is 0. The van der Waals surface area contributed by atoms with Gasteiger partial charge >= 0.3 is 5.97 Å². The van der Waals surface area contributed by atoms with Gasteiger partial charge in [-0.3, -0.25) is 0 Å². The summed E-state index contributed by atoms with van der Waals surface area (Å²) in [4.78, 5) is 11.1. The minimum Gasteiger partial charge on any atom is -0.463 e. The highest BCUT2D eigenvalue weighted by Gasteiger charge is 2.37. The van der Waals surface area contributed by atoms with Crippen LogP contribution in [0.3, 0.4) is 0 Å². The predicted octanol–water partition coefficient (Wildman–Crippen LogP) is 2.25. The van der Waals surface area contributed by atoms with E-state index in [1.165, 1.54) is 6.08 Å². The van der Waals surface area contributed by atoms with E-state index in [1.54, 1.807) is 13.0 Å². The largest absolute Gasteiger partial charge is 0.463 e. The average molecular weight is 218 g/mol. The van der Waals surface area contributed by atoms with Crippen LogP contribution in [0.15, 0.2) is 42.5 Å². The van der Waals surface area contributed by atoms with Crippen LogP contribution in [0.5, 0.6) is 0 Å². The molecule has 3 heteroatoms. The maximum atomic E-state index is 11.1. The second-order valence-electron chi connectivity index (χ2n) is 3.54. The summed E-state index contributed by atoms with van der Waals surface area (Å²) in [5.41, 5.74) is 1.14. The molecule has 0 spiro atoms. The van der Waals surface area contributed by atoms with Crippen molar-refractivity contribution in [3.05, 3.63) is 48.0 Å². The molecule has 1 saturated heterocycles. The number of benzene rings is 1. The summed E-state index contributed by atoms with van der Waals surface area (Å²) < 4.78 is 10.2. The van der Waals surface area contributed by atoms with Gasteiger partial charge in [0.25, 0.3) is 0 Å². The van der Waals surface area contributed by atoms with E-state index in [4.69, 9.17) is 9.47 Å². The topological polar surface area (TPSA) is 38.8 Å². The summed E-state index contributed by atoms with van der Waals surface area (Å²) in [6.45, 7) is 2.18. The Labute approximate surface area is 94.7 Å². The van der Waals surface area contributed by atoms with Crippen LogP contribution in [0.4, 0.5) is 0 Å². The molecule has 1 fully saturated rings. The highest BCUT2D eigenvalue weighted by Crippen LogP contribution is 2.39. The summed E-state index contributed by atoms with van der Waals surface area (Å²) in [6.07, 6.45) is 3.27. The third-order valence-electron chi connectivity index (χ3n) is 2.36. The van der Waals surface area contributed by atoms with E-state index in [0.717, 1.165) is 5.56 Å². The van der Waals surface area contributed by atoms with Crippen molar-refractivity contribution in [3.8, 4) is 0 Å². The van der Waals surface area contributed by atoms with Gasteiger partial charge in [0.2, 0.25) is 0 Å². The van der Waals surface area contributed by atoms with E-state index in [0.29, 0.717) is 6.61 Å². The molecule has 1 heterocycles. The average Bonchev–Trinajstić information content (AvgIpc) is 3.07. The first-order valence-corrected chi connectivity index (χ1v) is 5.36. The van der Waals surface area contributed by atoms with Crippen LogP contribution in [0, 0.1) is 0 Å². The molecule has 0 bridgehead atoms. The van der Waals surface area contributed by atoms with Crippen molar-refractivity contribution < 1.29 is 14.3 Å². The molecule has 0 aromatic heterocycles. The third kappa shape index (κ3) is 2.70. The van der Waals surface area contributed by atoms with Gasteiger partial charge in [-0.1, -0.05) is 30.3 Å². The SMILES string of the molecule is CCOC(=O)/C=C/[C@@H]1O[C@H]1c1ccccc1. The Morgan fingerprint density at radius 3 is 2.88 bits per heavy atom. The first-order chi connectivity index (χ1) is 7.81. The Balaban J connectivity index is 1.86. The van der Waals surface area contributed by atoms with E-state index >= 15 is 0 Å². The van der Waals surface area contributed by atoms with Crippen LogP contribution >= 0.6 is 0 Å². The molecule has 1 aromatic carbocycles. The Morgan fingerprint density at radius 2 is 2.19 bits per heavy atom. The predicted molar refractivity (Wildman–Crippen MR) is 59.8 cm³/mol. The Bertz CT molecular complexity index is 383. The molecular weight excluding hydrogens is 204 g/mol. The van der Waals surface area contributed by atoms with Gasteiger partial charge in [-0.05, 0) is 18.6 Å². The van der Waals surface area contributed by atoms with Gasteiger partial charge in [0.1, 0.15) is 12.2 Å². The first kappa shape index (κ1) is 10.9. The van der Waals surface area contributed by atoms with Crippen molar-refractivity contribution in [2.24, 2.45) is 0 Å². The molecule has 0 aliphatic carbocycles. The van der Waals surface area contributed by atoms with Gasteiger partial charge in [-0.2, -0.15) is 0 Å². The van der Waals surface area contributed by atoms with Gasteiger partial charge in [0.15, 0.2) is 0 Å². The number of hydrogen-bond acceptors (Lipinski definition) is 3. The highest BCUT2D eigenvalue weighted by atomic mass is 16.6. The van der Waals surface area contributed by atoms with Gasteiger partial charge in [-0.15, -0.1) is 0 Å². The van der Waals surface area contributed by atoms with Crippen molar-refractivity contribution in [1.82, 2.24) is 0 Å². The number of esters is 1. The van der Waals surface area contributed by atoms with Crippen LogP contribution in [0.2, 0.25) is 0 Å². The number of carbonyl (C=O) groups excluding carboxylic acids is 1. The molecule has 2 rings (SSSR count). The maximum absolute atomic E-state index is 11.1. The van der Waals surface area contributed by atoms with Crippen LogP contribution in [0.25, 0.3) is 0 Å². The zero-order valence-electron chi connectivity index (χ0n) is 9.13. The lowest BCUT2D eigenvalue weighted by molar-refractivity contribution is -0.137. The van der Waals surface area contributed by atoms with Gasteiger partial charge in [-0.25, -0.2) is 4.79 Å². The van der Waals surface area contributed by atoms with Gasteiger partial charge in [0.05, 0.1) is 6.61 Å². The van der Waals surface area contributed by atoms with E-state index in [9.17, 15) is 4.79 Å². The lowest BCUT2D eigenvalue weighted by Crippen LogP contribution is -1.99. The molecule has 0 saturated carbocycles. The molecule has 1 aliphatic heterocycles. The quantitative estimate of drug-likeness (QED) is 0.442. The number of epoxide rings is 1. The molecule has 0 amide bonds. The number of rotatable bonds is 4. The van der Waals surface area contributed by atoms with E-state index in [-0.39, 0.29) is 18.2 Å². The van der Waals surface area contributed by atoms with E-state index < -0.39 is 0 Å². The lowest BCUT2D eigenvalue weighted by Gasteiger charge is -1.93. The Hall–Kier alpha value is -1.61. The number of ether oxygens (including phenoxy) is 2. The molecule has 16 heavy (non-hydrogen) atoms. The van der Waals surface area contributed by atoms with Crippen LogP contribution in [-0.2, 0) is 14.3 Å². The molecule has 0 N–H and O–H groups in total. The zero-order valence-corrected chi connectivity index (χ0v) is 9.13. The van der Waals surface area contributed by atoms with Crippen molar-refractivity contribution in [2.75, 3.05) is 6.61 Å². The molecule has 0 radical (unpaired) electrons. The zero-order chi connectivity index (χ0) is 11.4. The van der Waals surface area contributed by atoms with Crippen LogP contribution < -0.4 is 0 Å². The second kappa shape index (κ2) is 4.94. The van der Waals surface area contributed by atoms with Crippen LogP contribution in [-0.4, -0.2) is 18.7 Å². The summed E-state index contributed by atoms with van der Waals surface area (Å²) >= 11 is 0. The number of hydrogen-bond donors (Lipinski definition) is 0.